The number of hydrogen-bond donors (Lipinski definition) is 1. The van der Waals surface area contributed by atoms with Crippen molar-refractivity contribution in [2.24, 2.45) is 0 Å². The topological polar surface area (TPSA) is 59.8 Å². The lowest BCUT2D eigenvalue weighted by Crippen LogP contribution is -2.23. The van der Waals surface area contributed by atoms with Crippen molar-refractivity contribution >= 4 is 40.6 Å². The first-order valence-electron chi connectivity index (χ1n) is 8.85. The maximum absolute atomic E-state index is 12.7. The minimum absolute atomic E-state index is 0.106. The number of hydrogen-bond acceptors (Lipinski definition) is 5. The van der Waals surface area contributed by atoms with Crippen LogP contribution in [0.25, 0.3) is 5.69 Å². The van der Waals surface area contributed by atoms with Gasteiger partial charge in [0.1, 0.15) is 0 Å². The standard InChI is InChI=1S/C21H17ClN4OS2/c22-16-5-7-18(8-6-16)26-11-15(10-25-26)9-23-21(27)19-3-1-2-4-20(19)29-13-17-12-28-14-24-17/h1-8,10-12,14H,9,13H2,(H,23,27). The molecular formula is C21H17ClN4OS2. The molecule has 2 aromatic carbocycles. The summed E-state index contributed by atoms with van der Waals surface area (Å²) in [5, 5.41) is 10.0. The average molecular weight is 441 g/mol. The zero-order valence-electron chi connectivity index (χ0n) is 15.3. The maximum Gasteiger partial charge on any atom is 0.252 e. The van der Waals surface area contributed by atoms with E-state index in [2.05, 4.69) is 15.4 Å². The molecule has 1 amide bonds. The van der Waals surface area contributed by atoms with E-state index in [4.69, 9.17) is 11.6 Å². The fraction of sp³-hybridized carbons (Fsp3) is 0.0952. The number of amides is 1. The maximum atomic E-state index is 12.7. The largest absolute Gasteiger partial charge is 0.348 e. The van der Waals surface area contributed by atoms with Crippen molar-refractivity contribution < 1.29 is 4.79 Å². The quantitative estimate of drug-likeness (QED) is 0.401. The SMILES string of the molecule is O=C(NCc1cnn(-c2ccc(Cl)cc2)c1)c1ccccc1SCc1cscn1. The Kier molecular flexibility index (Phi) is 6.29. The predicted molar refractivity (Wildman–Crippen MR) is 118 cm³/mol. The number of halogens is 1. The molecule has 4 rings (SSSR count). The van der Waals surface area contributed by atoms with Crippen LogP contribution in [0.5, 0.6) is 0 Å². The normalized spacial score (nSPS) is 10.8. The molecule has 0 fully saturated rings. The van der Waals surface area contributed by atoms with Gasteiger partial charge in [0.15, 0.2) is 0 Å². The predicted octanol–water partition coefficient (Wildman–Crippen LogP) is 5.20. The Hall–Kier alpha value is -2.61. The van der Waals surface area contributed by atoms with Crippen molar-refractivity contribution in [3.8, 4) is 5.69 Å². The first kappa shape index (κ1) is 19.7. The van der Waals surface area contributed by atoms with Crippen LogP contribution in [0, 0.1) is 0 Å². The molecule has 0 saturated carbocycles. The van der Waals surface area contributed by atoms with Crippen molar-refractivity contribution in [1.82, 2.24) is 20.1 Å². The van der Waals surface area contributed by atoms with Gasteiger partial charge in [0.2, 0.25) is 0 Å². The Bertz CT molecular complexity index is 1090. The smallest absolute Gasteiger partial charge is 0.252 e. The molecule has 4 aromatic rings. The highest BCUT2D eigenvalue weighted by atomic mass is 35.5. The molecule has 0 atom stereocenters. The summed E-state index contributed by atoms with van der Waals surface area (Å²) < 4.78 is 1.76. The fourth-order valence-corrected chi connectivity index (χ4v) is 4.45. The molecule has 0 saturated heterocycles. The van der Waals surface area contributed by atoms with Gasteiger partial charge in [-0.3, -0.25) is 4.79 Å². The van der Waals surface area contributed by atoms with Crippen molar-refractivity contribution in [2.75, 3.05) is 0 Å². The zero-order chi connectivity index (χ0) is 20.1. The van der Waals surface area contributed by atoms with Crippen LogP contribution in [0.3, 0.4) is 0 Å². The monoisotopic (exact) mass is 440 g/mol. The summed E-state index contributed by atoms with van der Waals surface area (Å²) in [6.45, 7) is 0.400. The van der Waals surface area contributed by atoms with Gasteiger partial charge in [0.25, 0.3) is 5.91 Å². The van der Waals surface area contributed by atoms with Gasteiger partial charge < -0.3 is 5.32 Å². The number of rotatable bonds is 7. The molecule has 0 aliphatic rings. The highest BCUT2D eigenvalue weighted by Gasteiger charge is 2.12. The van der Waals surface area contributed by atoms with Crippen LogP contribution in [0.2, 0.25) is 5.02 Å². The summed E-state index contributed by atoms with van der Waals surface area (Å²) in [5.41, 5.74) is 5.33. The van der Waals surface area contributed by atoms with E-state index in [-0.39, 0.29) is 5.91 Å². The molecule has 0 radical (unpaired) electrons. The molecule has 146 valence electrons. The van der Waals surface area contributed by atoms with Gasteiger partial charge in [0, 0.05) is 39.4 Å². The summed E-state index contributed by atoms with van der Waals surface area (Å²) in [6, 6.07) is 15.1. The van der Waals surface area contributed by atoms with Gasteiger partial charge in [-0.2, -0.15) is 5.10 Å². The number of benzene rings is 2. The number of carbonyl (C=O) groups excluding carboxylic acids is 1. The molecule has 0 unspecified atom stereocenters. The first-order valence-corrected chi connectivity index (χ1v) is 11.2. The third-order valence-electron chi connectivity index (χ3n) is 4.17. The summed E-state index contributed by atoms with van der Waals surface area (Å²) in [4.78, 5) is 18.0. The molecule has 0 aliphatic carbocycles. The average Bonchev–Trinajstić information content (AvgIpc) is 3.43. The Morgan fingerprint density at radius 1 is 1.17 bits per heavy atom. The molecule has 1 N–H and O–H groups in total. The van der Waals surface area contributed by atoms with Crippen molar-refractivity contribution in [1.29, 1.82) is 0 Å². The lowest BCUT2D eigenvalue weighted by molar-refractivity contribution is 0.0948. The third-order valence-corrected chi connectivity index (χ3v) is 6.17. The number of thiazole rings is 1. The second kappa shape index (κ2) is 9.26. The molecule has 0 aliphatic heterocycles. The van der Waals surface area contributed by atoms with Gasteiger partial charge >= 0.3 is 0 Å². The molecule has 2 heterocycles. The number of nitrogens with zero attached hydrogens (tertiary/aromatic N) is 3. The minimum Gasteiger partial charge on any atom is -0.348 e. The lowest BCUT2D eigenvalue weighted by Gasteiger charge is -2.09. The van der Waals surface area contributed by atoms with E-state index < -0.39 is 0 Å². The van der Waals surface area contributed by atoms with Crippen LogP contribution in [0.4, 0.5) is 0 Å². The lowest BCUT2D eigenvalue weighted by atomic mass is 10.2. The summed E-state index contributed by atoms with van der Waals surface area (Å²) in [5.74, 6) is 0.632. The number of thioether (sulfide) groups is 1. The van der Waals surface area contributed by atoms with Crippen molar-refractivity contribution in [3.05, 3.63) is 93.7 Å². The van der Waals surface area contributed by atoms with Crippen molar-refractivity contribution in [3.63, 3.8) is 0 Å². The Morgan fingerprint density at radius 3 is 2.79 bits per heavy atom. The van der Waals surface area contributed by atoms with Crippen LogP contribution in [0.15, 0.2) is 76.7 Å². The van der Waals surface area contributed by atoms with E-state index >= 15 is 0 Å². The van der Waals surface area contributed by atoms with Crippen LogP contribution in [0.1, 0.15) is 21.6 Å². The summed E-state index contributed by atoms with van der Waals surface area (Å²) in [6.07, 6.45) is 3.64. The highest BCUT2D eigenvalue weighted by Crippen LogP contribution is 2.26. The molecular weight excluding hydrogens is 424 g/mol. The molecule has 0 bridgehead atoms. The Morgan fingerprint density at radius 2 is 2.00 bits per heavy atom. The van der Waals surface area contributed by atoms with Gasteiger partial charge in [-0.1, -0.05) is 23.7 Å². The number of carbonyl (C=O) groups is 1. The molecule has 0 spiro atoms. The zero-order valence-corrected chi connectivity index (χ0v) is 17.7. The van der Waals surface area contributed by atoms with E-state index in [0.717, 1.165) is 27.6 Å². The van der Waals surface area contributed by atoms with E-state index in [0.29, 0.717) is 17.1 Å². The van der Waals surface area contributed by atoms with Gasteiger partial charge in [-0.25, -0.2) is 9.67 Å². The van der Waals surface area contributed by atoms with Crippen LogP contribution >= 0.6 is 34.7 Å². The second-order valence-electron chi connectivity index (χ2n) is 6.22. The first-order chi connectivity index (χ1) is 14.2. The van der Waals surface area contributed by atoms with Gasteiger partial charge in [-0.05, 0) is 36.4 Å². The molecule has 2 aromatic heterocycles. The van der Waals surface area contributed by atoms with Crippen LogP contribution in [-0.4, -0.2) is 20.7 Å². The number of nitrogens with one attached hydrogen (secondary N) is 1. The second-order valence-corrected chi connectivity index (χ2v) is 8.39. The fourth-order valence-electron chi connectivity index (χ4n) is 2.70. The Balaban J connectivity index is 1.39. The highest BCUT2D eigenvalue weighted by molar-refractivity contribution is 7.98. The Labute approximate surface area is 181 Å². The molecule has 8 heteroatoms. The van der Waals surface area contributed by atoms with E-state index in [9.17, 15) is 4.79 Å². The molecule has 29 heavy (non-hydrogen) atoms. The third kappa shape index (κ3) is 5.06. The van der Waals surface area contributed by atoms with Crippen LogP contribution < -0.4 is 5.32 Å². The molecule has 5 nitrogen and oxygen atoms in total. The van der Waals surface area contributed by atoms with E-state index in [1.807, 2.05) is 65.6 Å². The van der Waals surface area contributed by atoms with Crippen molar-refractivity contribution in [2.45, 2.75) is 17.2 Å². The minimum atomic E-state index is -0.106. The number of aromatic nitrogens is 3. The van der Waals surface area contributed by atoms with Gasteiger partial charge in [0.05, 0.1) is 28.7 Å². The van der Waals surface area contributed by atoms with E-state index in [1.54, 1.807) is 34.0 Å². The summed E-state index contributed by atoms with van der Waals surface area (Å²) in [7, 11) is 0. The summed E-state index contributed by atoms with van der Waals surface area (Å²) >= 11 is 9.12. The van der Waals surface area contributed by atoms with E-state index in [1.165, 1.54) is 0 Å². The van der Waals surface area contributed by atoms with Gasteiger partial charge in [-0.15, -0.1) is 23.1 Å². The van der Waals surface area contributed by atoms with Crippen LogP contribution in [-0.2, 0) is 12.3 Å².